The highest BCUT2D eigenvalue weighted by Crippen LogP contribution is 2.22. The Bertz CT molecular complexity index is 318. The zero-order valence-corrected chi connectivity index (χ0v) is 10.9. The maximum Gasteiger partial charge on any atom is 0.293 e. The van der Waals surface area contributed by atoms with Crippen molar-refractivity contribution in [3.8, 4) is 0 Å². The summed E-state index contributed by atoms with van der Waals surface area (Å²) in [5, 5.41) is 0. The Morgan fingerprint density at radius 2 is 2.00 bits per heavy atom. The summed E-state index contributed by atoms with van der Waals surface area (Å²) in [7, 11) is 0. The molecule has 0 atom stereocenters. The lowest BCUT2D eigenvalue weighted by molar-refractivity contribution is -0.128. The standard InChI is InChI=1S/C13H20O2S/c1-11-9-13(12(2)16-11)7-5-3-4-6-8-15-10-14/h9-10H,3-8H2,1-2H3. The molecule has 0 aromatic carbocycles. The van der Waals surface area contributed by atoms with E-state index in [1.54, 1.807) is 0 Å². The van der Waals surface area contributed by atoms with Crippen molar-refractivity contribution in [1.29, 1.82) is 0 Å². The smallest absolute Gasteiger partial charge is 0.293 e. The molecule has 0 bridgehead atoms. The first-order valence-electron chi connectivity index (χ1n) is 5.85. The van der Waals surface area contributed by atoms with Crippen LogP contribution >= 0.6 is 11.3 Å². The second-order valence-corrected chi connectivity index (χ2v) is 5.53. The fourth-order valence-corrected chi connectivity index (χ4v) is 2.81. The minimum absolute atomic E-state index is 0.525. The van der Waals surface area contributed by atoms with Crippen molar-refractivity contribution in [2.24, 2.45) is 0 Å². The highest BCUT2D eigenvalue weighted by atomic mass is 32.1. The highest BCUT2D eigenvalue weighted by molar-refractivity contribution is 7.12. The van der Waals surface area contributed by atoms with Crippen molar-refractivity contribution in [3.63, 3.8) is 0 Å². The molecule has 0 amide bonds. The van der Waals surface area contributed by atoms with E-state index in [0.29, 0.717) is 13.1 Å². The van der Waals surface area contributed by atoms with Crippen molar-refractivity contribution in [2.45, 2.75) is 46.0 Å². The summed E-state index contributed by atoms with van der Waals surface area (Å²) >= 11 is 1.89. The van der Waals surface area contributed by atoms with E-state index in [0.717, 1.165) is 12.8 Å². The van der Waals surface area contributed by atoms with Gasteiger partial charge in [-0.1, -0.05) is 12.8 Å². The van der Waals surface area contributed by atoms with Crippen molar-refractivity contribution in [3.05, 3.63) is 21.4 Å². The minimum Gasteiger partial charge on any atom is -0.468 e. The molecular formula is C13H20O2S. The van der Waals surface area contributed by atoms with Gasteiger partial charge in [0.05, 0.1) is 6.61 Å². The van der Waals surface area contributed by atoms with Gasteiger partial charge in [-0.15, -0.1) is 11.3 Å². The van der Waals surface area contributed by atoms with E-state index in [4.69, 9.17) is 0 Å². The van der Waals surface area contributed by atoms with Gasteiger partial charge in [0.1, 0.15) is 0 Å². The molecule has 0 radical (unpaired) electrons. The first-order chi connectivity index (χ1) is 7.74. The molecule has 0 spiro atoms. The lowest BCUT2D eigenvalue weighted by atomic mass is 10.1. The fraction of sp³-hybridized carbons (Fsp3) is 0.615. The summed E-state index contributed by atoms with van der Waals surface area (Å²) in [5.41, 5.74) is 1.51. The lowest BCUT2D eigenvalue weighted by Gasteiger charge is -2.01. The molecule has 90 valence electrons. The Labute approximate surface area is 102 Å². The quantitative estimate of drug-likeness (QED) is 0.512. The largest absolute Gasteiger partial charge is 0.468 e. The average molecular weight is 240 g/mol. The third kappa shape index (κ3) is 4.79. The van der Waals surface area contributed by atoms with Crippen LogP contribution in [0.2, 0.25) is 0 Å². The Balaban J connectivity index is 2.07. The number of thiophene rings is 1. The van der Waals surface area contributed by atoms with E-state index in [1.165, 1.54) is 34.6 Å². The van der Waals surface area contributed by atoms with Gasteiger partial charge in [-0.3, -0.25) is 4.79 Å². The van der Waals surface area contributed by atoms with Gasteiger partial charge in [-0.05, 0) is 44.7 Å². The maximum atomic E-state index is 9.90. The first kappa shape index (κ1) is 13.2. The molecule has 0 saturated carbocycles. The van der Waals surface area contributed by atoms with Crippen LogP contribution in [0.4, 0.5) is 0 Å². The third-order valence-electron chi connectivity index (χ3n) is 2.67. The molecule has 0 unspecified atom stereocenters. The number of carbonyl (C=O) groups excluding carboxylic acids is 1. The van der Waals surface area contributed by atoms with E-state index < -0.39 is 0 Å². The van der Waals surface area contributed by atoms with E-state index >= 15 is 0 Å². The van der Waals surface area contributed by atoms with Crippen LogP contribution in [0, 0.1) is 13.8 Å². The van der Waals surface area contributed by atoms with Gasteiger partial charge < -0.3 is 4.74 Å². The van der Waals surface area contributed by atoms with E-state index in [9.17, 15) is 4.79 Å². The summed E-state index contributed by atoms with van der Waals surface area (Å²) in [6.07, 6.45) is 5.77. The zero-order chi connectivity index (χ0) is 11.8. The van der Waals surface area contributed by atoms with Gasteiger partial charge in [-0.2, -0.15) is 0 Å². The molecule has 1 aromatic rings. The summed E-state index contributed by atoms with van der Waals surface area (Å²) in [5.74, 6) is 0. The maximum absolute atomic E-state index is 9.90. The van der Waals surface area contributed by atoms with Crippen LogP contribution in [-0.2, 0) is 16.0 Å². The SMILES string of the molecule is Cc1cc(CCCCCCOC=O)c(C)s1. The second-order valence-electron chi connectivity index (χ2n) is 4.07. The van der Waals surface area contributed by atoms with Crippen molar-refractivity contribution >= 4 is 17.8 Å². The number of rotatable bonds is 8. The van der Waals surface area contributed by atoms with Gasteiger partial charge in [0.25, 0.3) is 6.47 Å². The molecule has 1 heterocycles. The fourth-order valence-electron chi connectivity index (χ4n) is 1.83. The van der Waals surface area contributed by atoms with Crippen LogP contribution in [0.15, 0.2) is 6.07 Å². The monoisotopic (exact) mass is 240 g/mol. The van der Waals surface area contributed by atoms with Crippen LogP contribution in [0.5, 0.6) is 0 Å². The van der Waals surface area contributed by atoms with E-state index in [2.05, 4.69) is 24.7 Å². The molecule has 0 N–H and O–H groups in total. The number of aryl methyl sites for hydroxylation is 3. The van der Waals surface area contributed by atoms with Gasteiger partial charge in [0, 0.05) is 9.75 Å². The minimum atomic E-state index is 0.525. The molecular weight excluding hydrogens is 220 g/mol. The van der Waals surface area contributed by atoms with Crippen LogP contribution in [0.3, 0.4) is 0 Å². The molecule has 0 aliphatic rings. The van der Waals surface area contributed by atoms with Crippen LogP contribution < -0.4 is 0 Å². The Kier molecular flexibility index (Phi) is 6.16. The van der Waals surface area contributed by atoms with Crippen molar-refractivity contribution in [1.82, 2.24) is 0 Å². The highest BCUT2D eigenvalue weighted by Gasteiger charge is 2.02. The van der Waals surface area contributed by atoms with Gasteiger partial charge >= 0.3 is 0 Å². The zero-order valence-electron chi connectivity index (χ0n) is 10.1. The van der Waals surface area contributed by atoms with Crippen molar-refractivity contribution in [2.75, 3.05) is 6.61 Å². The summed E-state index contributed by atoms with van der Waals surface area (Å²) < 4.78 is 4.64. The molecule has 1 aromatic heterocycles. The summed E-state index contributed by atoms with van der Waals surface area (Å²) in [6, 6.07) is 2.30. The number of hydrogen-bond acceptors (Lipinski definition) is 3. The second kappa shape index (κ2) is 7.44. The number of carbonyl (C=O) groups is 1. The summed E-state index contributed by atoms with van der Waals surface area (Å²) in [6.45, 7) is 5.46. The van der Waals surface area contributed by atoms with E-state index in [-0.39, 0.29) is 0 Å². The third-order valence-corrected chi connectivity index (χ3v) is 3.68. The van der Waals surface area contributed by atoms with E-state index in [1.807, 2.05) is 11.3 Å². The summed E-state index contributed by atoms with van der Waals surface area (Å²) in [4.78, 5) is 12.8. The Morgan fingerprint density at radius 1 is 1.25 bits per heavy atom. The first-order valence-corrected chi connectivity index (χ1v) is 6.67. The number of hydrogen-bond donors (Lipinski definition) is 0. The van der Waals surface area contributed by atoms with Gasteiger partial charge in [-0.25, -0.2) is 0 Å². The van der Waals surface area contributed by atoms with Gasteiger partial charge in [0.15, 0.2) is 0 Å². The number of unbranched alkanes of at least 4 members (excludes halogenated alkanes) is 3. The van der Waals surface area contributed by atoms with Crippen LogP contribution in [0.25, 0.3) is 0 Å². The predicted octanol–water partition coefficient (Wildman–Crippen LogP) is 3.64. The lowest BCUT2D eigenvalue weighted by Crippen LogP contribution is -1.92. The predicted molar refractivity (Wildman–Crippen MR) is 68.0 cm³/mol. The molecule has 2 nitrogen and oxygen atoms in total. The van der Waals surface area contributed by atoms with Crippen molar-refractivity contribution < 1.29 is 9.53 Å². The molecule has 0 aliphatic heterocycles. The molecule has 16 heavy (non-hydrogen) atoms. The molecule has 3 heteroatoms. The van der Waals surface area contributed by atoms with Crippen LogP contribution in [0.1, 0.15) is 41.0 Å². The molecule has 0 fully saturated rings. The normalized spacial score (nSPS) is 10.4. The molecule has 0 saturated heterocycles. The topological polar surface area (TPSA) is 26.3 Å². The van der Waals surface area contributed by atoms with Gasteiger partial charge in [0.2, 0.25) is 0 Å². The Hall–Kier alpha value is -0.830. The average Bonchev–Trinajstić information content (AvgIpc) is 2.56. The Morgan fingerprint density at radius 3 is 2.62 bits per heavy atom. The number of ether oxygens (including phenoxy) is 1. The van der Waals surface area contributed by atoms with Crippen LogP contribution in [-0.4, -0.2) is 13.1 Å². The molecule has 1 rings (SSSR count). The molecule has 0 aliphatic carbocycles.